The quantitative estimate of drug-likeness (QED) is 0.494. The van der Waals surface area contributed by atoms with Crippen LogP contribution in [0.3, 0.4) is 0 Å². The Hall–Kier alpha value is -2.12. The van der Waals surface area contributed by atoms with E-state index in [2.05, 4.69) is 17.2 Å². The van der Waals surface area contributed by atoms with Crippen molar-refractivity contribution in [1.82, 2.24) is 14.9 Å². The van der Waals surface area contributed by atoms with Crippen LogP contribution in [-0.4, -0.2) is 27.3 Å². The number of aromatic nitrogens is 2. The summed E-state index contributed by atoms with van der Waals surface area (Å²) in [7, 11) is 0. The van der Waals surface area contributed by atoms with Gasteiger partial charge in [-0.05, 0) is 36.9 Å². The molecule has 0 radical (unpaired) electrons. The highest BCUT2D eigenvalue weighted by molar-refractivity contribution is 7.99. The molecular weight excluding hydrogens is 366 g/mol. The van der Waals surface area contributed by atoms with E-state index in [-0.39, 0.29) is 23.3 Å². The standard InChI is InChI=1S/C19H21N3O2S2/c1-3-7-13(2)20-16(23)12-26-19-21-17-15(10-11-25-17)18(24)22(19)14-8-5-4-6-9-14/h4-6,8-11,13H,3,7,12H2,1-2H3,(H,20,23). The third-order valence-corrected chi connectivity index (χ3v) is 5.69. The highest BCUT2D eigenvalue weighted by Crippen LogP contribution is 2.23. The molecule has 0 spiro atoms. The van der Waals surface area contributed by atoms with Crippen LogP contribution in [0.15, 0.2) is 51.7 Å². The normalized spacial score (nSPS) is 12.2. The van der Waals surface area contributed by atoms with E-state index >= 15 is 0 Å². The molecular formula is C19H21N3O2S2. The lowest BCUT2D eigenvalue weighted by Crippen LogP contribution is -2.33. The molecule has 0 aliphatic heterocycles. The van der Waals surface area contributed by atoms with Gasteiger partial charge in [-0.25, -0.2) is 4.98 Å². The van der Waals surface area contributed by atoms with Crippen LogP contribution in [0.25, 0.3) is 15.9 Å². The van der Waals surface area contributed by atoms with Crippen molar-refractivity contribution in [3.05, 3.63) is 52.1 Å². The number of amides is 1. The first-order valence-corrected chi connectivity index (χ1v) is 10.4. The van der Waals surface area contributed by atoms with Crippen LogP contribution in [0, 0.1) is 0 Å². The molecule has 1 N–H and O–H groups in total. The number of hydrogen-bond acceptors (Lipinski definition) is 5. The molecule has 0 fully saturated rings. The molecule has 1 amide bonds. The summed E-state index contributed by atoms with van der Waals surface area (Å²) >= 11 is 2.72. The van der Waals surface area contributed by atoms with Gasteiger partial charge in [0.1, 0.15) is 4.83 Å². The van der Waals surface area contributed by atoms with E-state index < -0.39 is 0 Å². The Morgan fingerprint density at radius 2 is 2.08 bits per heavy atom. The zero-order valence-corrected chi connectivity index (χ0v) is 16.4. The number of benzene rings is 1. The minimum absolute atomic E-state index is 0.0453. The van der Waals surface area contributed by atoms with Gasteiger partial charge in [0.15, 0.2) is 5.16 Å². The molecule has 7 heteroatoms. The Morgan fingerprint density at radius 1 is 1.31 bits per heavy atom. The van der Waals surface area contributed by atoms with Crippen molar-refractivity contribution in [2.45, 2.75) is 37.9 Å². The minimum atomic E-state index is -0.107. The number of rotatable bonds is 7. The second-order valence-electron chi connectivity index (χ2n) is 6.06. The molecule has 0 saturated heterocycles. The monoisotopic (exact) mass is 387 g/mol. The Bertz CT molecular complexity index is 950. The summed E-state index contributed by atoms with van der Waals surface area (Å²) in [6.45, 7) is 4.10. The predicted molar refractivity (Wildman–Crippen MR) is 108 cm³/mol. The molecule has 1 unspecified atom stereocenters. The van der Waals surface area contributed by atoms with E-state index in [9.17, 15) is 9.59 Å². The first-order chi connectivity index (χ1) is 12.6. The maximum atomic E-state index is 12.9. The molecule has 0 bridgehead atoms. The Labute approximate surface area is 160 Å². The van der Waals surface area contributed by atoms with Gasteiger partial charge in [-0.15, -0.1) is 11.3 Å². The molecule has 5 nitrogen and oxygen atoms in total. The van der Waals surface area contributed by atoms with Gasteiger partial charge in [-0.1, -0.05) is 43.3 Å². The zero-order valence-electron chi connectivity index (χ0n) is 14.8. The SMILES string of the molecule is CCCC(C)NC(=O)CSc1nc2sccc2c(=O)n1-c1ccccc1. The van der Waals surface area contributed by atoms with Crippen LogP contribution in [0.1, 0.15) is 26.7 Å². The maximum Gasteiger partial charge on any atom is 0.267 e. The van der Waals surface area contributed by atoms with Crippen LogP contribution in [0.2, 0.25) is 0 Å². The van der Waals surface area contributed by atoms with Crippen LogP contribution < -0.4 is 10.9 Å². The number of para-hydroxylation sites is 1. The zero-order chi connectivity index (χ0) is 18.5. The molecule has 3 aromatic rings. The van der Waals surface area contributed by atoms with Crippen molar-refractivity contribution in [3.8, 4) is 5.69 Å². The van der Waals surface area contributed by atoms with Crippen LogP contribution in [0.5, 0.6) is 0 Å². The molecule has 0 saturated carbocycles. The van der Waals surface area contributed by atoms with E-state index in [0.29, 0.717) is 15.4 Å². The summed E-state index contributed by atoms with van der Waals surface area (Å²) in [4.78, 5) is 30.5. The van der Waals surface area contributed by atoms with E-state index in [1.54, 1.807) is 10.6 Å². The number of fused-ring (bicyclic) bond motifs is 1. The molecule has 136 valence electrons. The van der Waals surface area contributed by atoms with Gasteiger partial charge in [0, 0.05) is 6.04 Å². The number of thioether (sulfide) groups is 1. The maximum absolute atomic E-state index is 12.9. The average Bonchev–Trinajstić information content (AvgIpc) is 3.10. The van der Waals surface area contributed by atoms with Gasteiger partial charge in [0.05, 0.1) is 16.8 Å². The van der Waals surface area contributed by atoms with Crippen molar-refractivity contribution >= 4 is 39.2 Å². The van der Waals surface area contributed by atoms with E-state index in [4.69, 9.17) is 0 Å². The van der Waals surface area contributed by atoms with Crippen molar-refractivity contribution in [2.75, 3.05) is 5.75 Å². The largest absolute Gasteiger partial charge is 0.353 e. The molecule has 2 aromatic heterocycles. The number of carbonyl (C=O) groups is 1. The Balaban J connectivity index is 1.90. The Morgan fingerprint density at radius 3 is 2.81 bits per heavy atom. The smallest absolute Gasteiger partial charge is 0.267 e. The number of nitrogens with zero attached hydrogens (tertiary/aromatic N) is 2. The number of carbonyl (C=O) groups excluding carboxylic acids is 1. The molecule has 0 aliphatic carbocycles. The molecule has 2 heterocycles. The van der Waals surface area contributed by atoms with Crippen molar-refractivity contribution < 1.29 is 4.79 Å². The van der Waals surface area contributed by atoms with E-state index in [0.717, 1.165) is 18.5 Å². The predicted octanol–water partition coefficient (Wildman–Crippen LogP) is 3.84. The summed E-state index contributed by atoms with van der Waals surface area (Å²) in [5.41, 5.74) is 0.644. The first-order valence-electron chi connectivity index (χ1n) is 8.58. The fraction of sp³-hybridized carbons (Fsp3) is 0.316. The first kappa shape index (κ1) is 18.7. The number of thiophene rings is 1. The van der Waals surface area contributed by atoms with Gasteiger partial charge in [0.2, 0.25) is 5.91 Å². The highest BCUT2D eigenvalue weighted by atomic mass is 32.2. The Kier molecular flexibility index (Phi) is 6.11. The van der Waals surface area contributed by atoms with Crippen molar-refractivity contribution in [2.24, 2.45) is 0 Å². The number of hydrogen-bond donors (Lipinski definition) is 1. The minimum Gasteiger partial charge on any atom is -0.353 e. The van der Waals surface area contributed by atoms with Crippen LogP contribution in [0.4, 0.5) is 0 Å². The van der Waals surface area contributed by atoms with Crippen LogP contribution >= 0.6 is 23.1 Å². The highest BCUT2D eigenvalue weighted by Gasteiger charge is 2.16. The van der Waals surface area contributed by atoms with Gasteiger partial charge in [-0.2, -0.15) is 0 Å². The summed E-state index contributed by atoms with van der Waals surface area (Å²) in [5.74, 6) is 0.181. The molecule has 1 atom stereocenters. The molecule has 1 aromatic carbocycles. The summed E-state index contributed by atoms with van der Waals surface area (Å²) in [6, 6.07) is 11.4. The lowest BCUT2D eigenvalue weighted by atomic mass is 10.2. The van der Waals surface area contributed by atoms with Gasteiger partial charge < -0.3 is 5.32 Å². The molecule has 3 rings (SSSR count). The summed E-state index contributed by atoms with van der Waals surface area (Å²) in [5, 5.41) is 5.99. The average molecular weight is 388 g/mol. The van der Waals surface area contributed by atoms with Crippen LogP contribution in [-0.2, 0) is 4.79 Å². The van der Waals surface area contributed by atoms with Gasteiger partial charge >= 0.3 is 0 Å². The third-order valence-electron chi connectivity index (χ3n) is 3.94. The molecule has 26 heavy (non-hydrogen) atoms. The number of nitrogens with one attached hydrogen (secondary N) is 1. The van der Waals surface area contributed by atoms with Gasteiger partial charge in [-0.3, -0.25) is 14.2 Å². The van der Waals surface area contributed by atoms with Gasteiger partial charge in [0.25, 0.3) is 5.56 Å². The lowest BCUT2D eigenvalue weighted by Gasteiger charge is -2.14. The molecule has 0 aliphatic rings. The third kappa shape index (κ3) is 4.16. The second-order valence-corrected chi connectivity index (χ2v) is 7.89. The lowest BCUT2D eigenvalue weighted by molar-refractivity contribution is -0.119. The summed E-state index contributed by atoms with van der Waals surface area (Å²) < 4.78 is 1.59. The fourth-order valence-corrected chi connectivity index (χ4v) is 4.38. The fourth-order valence-electron chi connectivity index (χ4n) is 2.75. The van der Waals surface area contributed by atoms with Crippen molar-refractivity contribution in [1.29, 1.82) is 0 Å². The van der Waals surface area contributed by atoms with E-state index in [1.807, 2.05) is 42.6 Å². The second kappa shape index (κ2) is 8.51. The van der Waals surface area contributed by atoms with Crippen molar-refractivity contribution in [3.63, 3.8) is 0 Å². The summed E-state index contributed by atoms with van der Waals surface area (Å²) in [6.07, 6.45) is 1.98. The topological polar surface area (TPSA) is 64.0 Å². The van der Waals surface area contributed by atoms with E-state index in [1.165, 1.54) is 23.1 Å².